The zero-order valence-corrected chi connectivity index (χ0v) is 9.87. The van der Waals surface area contributed by atoms with Gasteiger partial charge in [0.1, 0.15) is 0 Å². The van der Waals surface area contributed by atoms with Crippen LogP contribution < -0.4 is 5.32 Å². The molecule has 4 nitrogen and oxygen atoms in total. The second kappa shape index (κ2) is 4.70. The zero-order valence-electron chi connectivity index (χ0n) is 9.05. The van der Waals surface area contributed by atoms with Crippen molar-refractivity contribution in [3.05, 3.63) is 18.7 Å². The second-order valence-corrected chi connectivity index (χ2v) is 4.91. The van der Waals surface area contributed by atoms with Gasteiger partial charge in [-0.2, -0.15) is 0 Å². The molecule has 0 saturated heterocycles. The smallest absolute Gasteiger partial charge is 0.157 e. The Morgan fingerprint density at radius 3 is 3.20 bits per heavy atom. The van der Waals surface area contributed by atoms with E-state index in [0.29, 0.717) is 12.1 Å². The van der Waals surface area contributed by atoms with Crippen molar-refractivity contribution >= 4 is 16.9 Å². The molecule has 1 N–H and O–H groups in total. The maximum atomic E-state index is 4.50. The van der Waals surface area contributed by atoms with Gasteiger partial charge in [0.2, 0.25) is 0 Å². The van der Waals surface area contributed by atoms with E-state index in [2.05, 4.69) is 33.7 Å². The summed E-state index contributed by atoms with van der Waals surface area (Å²) in [5.41, 5.74) is 0. The molecule has 2 unspecified atom stereocenters. The molecule has 1 aliphatic rings. The molecule has 1 aromatic rings. The van der Waals surface area contributed by atoms with Crippen molar-refractivity contribution in [3.8, 4) is 0 Å². The third-order valence-electron chi connectivity index (χ3n) is 2.21. The van der Waals surface area contributed by atoms with Gasteiger partial charge in [0.15, 0.2) is 5.17 Å². The third kappa shape index (κ3) is 2.99. The van der Waals surface area contributed by atoms with Gasteiger partial charge in [-0.1, -0.05) is 11.8 Å². The van der Waals surface area contributed by atoms with Crippen molar-refractivity contribution in [1.29, 1.82) is 0 Å². The molecule has 0 fully saturated rings. The highest BCUT2D eigenvalue weighted by Gasteiger charge is 2.15. The van der Waals surface area contributed by atoms with Crippen molar-refractivity contribution in [2.45, 2.75) is 32.5 Å². The van der Waals surface area contributed by atoms with Gasteiger partial charge >= 0.3 is 0 Å². The highest BCUT2D eigenvalue weighted by molar-refractivity contribution is 8.14. The van der Waals surface area contributed by atoms with Gasteiger partial charge in [-0.3, -0.25) is 4.99 Å². The molecule has 0 spiro atoms. The molecule has 0 amide bonds. The highest BCUT2D eigenvalue weighted by Crippen LogP contribution is 2.16. The minimum atomic E-state index is 0.385. The van der Waals surface area contributed by atoms with Crippen LogP contribution in [-0.2, 0) is 6.54 Å². The summed E-state index contributed by atoms with van der Waals surface area (Å²) in [4.78, 5) is 8.52. The largest absolute Gasteiger partial charge is 0.361 e. The maximum absolute atomic E-state index is 4.50. The summed E-state index contributed by atoms with van der Waals surface area (Å²) in [5, 5.41) is 4.49. The van der Waals surface area contributed by atoms with Crippen molar-refractivity contribution in [2.75, 3.05) is 5.75 Å². The van der Waals surface area contributed by atoms with Crippen molar-refractivity contribution in [3.63, 3.8) is 0 Å². The summed E-state index contributed by atoms with van der Waals surface area (Å²) in [6.07, 6.45) is 5.62. The number of amidine groups is 1. The Labute approximate surface area is 94.2 Å². The molecule has 0 bridgehead atoms. The van der Waals surface area contributed by atoms with Crippen LogP contribution in [0.5, 0.6) is 0 Å². The number of nitrogens with one attached hydrogen (secondary N) is 1. The first-order chi connectivity index (χ1) is 7.24. The fraction of sp³-hybridized carbons (Fsp3) is 0.600. The summed E-state index contributed by atoms with van der Waals surface area (Å²) >= 11 is 1.81. The highest BCUT2D eigenvalue weighted by atomic mass is 32.2. The number of hydrogen-bond acceptors (Lipinski definition) is 4. The normalized spacial score (nSPS) is 22.5. The Morgan fingerprint density at radius 1 is 1.73 bits per heavy atom. The van der Waals surface area contributed by atoms with E-state index in [-0.39, 0.29) is 0 Å². The van der Waals surface area contributed by atoms with Crippen LogP contribution in [0.4, 0.5) is 0 Å². The number of thioether (sulfide) groups is 1. The monoisotopic (exact) mass is 224 g/mol. The van der Waals surface area contributed by atoms with Gasteiger partial charge in [-0.25, -0.2) is 4.98 Å². The Balaban J connectivity index is 1.82. The molecule has 2 rings (SSSR count). The quantitative estimate of drug-likeness (QED) is 0.843. The van der Waals surface area contributed by atoms with Gasteiger partial charge < -0.3 is 9.88 Å². The fourth-order valence-corrected chi connectivity index (χ4v) is 2.53. The van der Waals surface area contributed by atoms with E-state index in [1.165, 1.54) is 0 Å². The van der Waals surface area contributed by atoms with Crippen LogP contribution in [0.25, 0.3) is 0 Å². The molecule has 0 saturated carbocycles. The lowest BCUT2D eigenvalue weighted by molar-refractivity contribution is 0.548. The number of hydrogen-bond donors (Lipinski definition) is 1. The predicted molar refractivity (Wildman–Crippen MR) is 64.2 cm³/mol. The van der Waals surface area contributed by atoms with Crippen LogP contribution in [0.3, 0.4) is 0 Å². The molecule has 0 aliphatic carbocycles. The van der Waals surface area contributed by atoms with E-state index < -0.39 is 0 Å². The van der Waals surface area contributed by atoms with E-state index in [0.717, 1.165) is 17.5 Å². The summed E-state index contributed by atoms with van der Waals surface area (Å²) < 4.78 is 2.07. The van der Waals surface area contributed by atoms with Crippen LogP contribution in [-0.4, -0.2) is 32.6 Å². The topological polar surface area (TPSA) is 42.2 Å². The number of rotatable bonds is 3. The second-order valence-electron chi connectivity index (χ2n) is 3.90. The van der Waals surface area contributed by atoms with E-state index in [1.54, 1.807) is 18.0 Å². The average Bonchev–Trinajstić information content (AvgIpc) is 2.77. The molecular weight excluding hydrogens is 208 g/mol. The van der Waals surface area contributed by atoms with Gasteiger partial charge in [0.05, 0.1) is 12.4 Å². The molecular formula is C10H16N4S. The molecule has 1 aliphatic heterocycles. The van der Waals surface area contributed by atoms with E-state index >= 15 is 0 Å². The van der Waals surface area contributed by atoms with E-state index in [1.807, 2.05) is 12.5 Å². The Morgan fingerprint density at radius 2 is 2.60 bits per heavy atom. The molecule has 1 aromatic heterocycles. The van der Waals surface area contributed by atoms with Gasteiger partial charge in [-0.05, 0) is 13.8 Å². The maximum Gasteiger partial charge on any atom is 0.157 e. The fourth-order valence-electron chi connectivity index (χ4n) is 1.52. The Hall–Kier alpha value is -0.970. The van der Waals surface area contributed by atoms with Crippen LogP contribution in [0, 0.1) is 0 Å². The van der Waals surface area contributed by atoms with Crippen molar-refractivity contribution in [1.82, 2.24) is 14.9 Å². The number of imidazole rings is 1. The minimum absolute atomic E-state index is 0.385. The van der Waals surface area contributed by atoms with E-state index in [9.17, 15) is 0 Å². The minimum Gasteiger partial charge on any atom is -0.361 e. The first-order valence-electron chi connectivity index (χ1n) is 5.17. The lowest BCUT2D eigenvalue weighted by Crippen LogP contribution is -2.33. The molecule has 15 heavy (non-hydrogen) atoms. The zero-order chi connectivity index (χ0) is 10.7. The summed E-state index contributed by atoms with van der Waals surface area (Å²) in [6.45, 7) is 5.22. The predicted octanol–water partition coefficient (Wildman–Crippen LogP) is 1.35. The standard InChI is InChI=1S/C10H16N4S/c1-8(5-14-4-3-11-7-14)12-10-13-9(2)6-15-10/h3-4,7-9H,5-6H2,1-2H3,(H,12,13). The van der Waals surface area contributed by atoms with Gasteiger partial charge in [-0.15, -0.1) is 0 Å². The first kappa shape index (κ1) is 10.5. The van der Waals surface area contributed by atoms with Crippen molar-refractivity contribution in [2.24, 2.45) is 4.99 Å². The first-order valence-corrected chi connectivity index (χ1v) is 6.15. The average molecular weight is 224 g/mol. The lowest BCUT2D eigenvalue weighted by Gasteiger charge is -2.14. The third-order valence-corrected chi connectivity index (χ3v) is 3.36. The van der Waals surface area contributed by atoms with Crippen LogP contribution in [0.15, 0.2) is 23.7 Å². The molecule has 0 aromatic carbocycles. The Bertz CT molecular complexity index is 333. The van der Waals surface area contributed by atoms with Crippen LogP contribution in [0.2, 0.25) is 0 Å². The summed E-state index contributed by atoms with van der Waals surface area (Å²) in [6, 6.07) is 0.841. The van der Waals surface area contributed by atoms with Crippen LogP contribution >= 0.6 is 11.8 Å². The number of aromatic nitrogens is 2. The molecule has 5 heteroatoms. The lowest BCUT2D eigenvalue weighted by atomic mass is 10.3. The summed E-state index contributed by atoms with van der Waals surface area (Å²) in [7, 11) is 0. The summed E-state index contributed by atoms with van der Waals surface area (Å²) in [5.74, 6) is 1.10. The molecule has 2 atom stereocenters. The number of aliphatic imine (C=N–C) groups is 1. The SMILES string of the molecule is CC1CSC(NC(C)Cn2ccnc2)=N1. The van der Waals surface area contributed by atoms with Crippen molar-refractivity contribution < 1.29 is 0 Å². The van der Waals surface area contributed by atoms with Gasteiger partial charge in [0.25, 0.3) is 0 Å². The number of nitrogens with zero attached hydrogens (tertiary/aromatic N) is 3. The molecule has 82 valence electrons. The molecule has 2 heterocycles. The van der Waals surface area contributed by atoms with Gasteiger partial charge in [0, 0.05) is 30.7 Å². The van der Waals surface area contributed by atoms with Crippen LogP contribution in [0.1, 0.15) is 13.8 Å². The van der Waals surface area contributed by atoms with E-state index in [4.69, 9.17) is 0 Å². The Kier molecular flexibility index (Phi) is 3.30. The molecule has 0 radical (unpaired) electrons.